The van der Waals surface area contributed by atoms with Crippen LogP contribution in [-0.4, -0.2) is 66.1 Å². The fourth-order valence-electron chi connectivity index (χ4n) is 2.87. The summed E-state index contributed by atoms with van der Waals surface area (Å²) in [5.41, 5.74) is 2.38. The van der Waals surface area contributed by atoms with Crippen molar-refractivity contribution in [2.24, 2.45) is 0 Å². The molecule has 0 unspecified atom stereocenters. The minimum atomic E-state index is 0.0271. The van der Waals surface area contributed by atoms with E-state index in [1.54, 1.807) is 21.7 Å². The Labute approximate surface area is 137 Å². The summed E-state index contributed by atoms with van der Waals surface area (Å²) in [5, 5.41) is 0. The van der Waals surface area contributed by atoms with Gasteiger partial charge in [-0.3, -0.25) is 9.69 Å². The number of likely N-dealkylation sites (N-methyl/N-ethyl adjacent to an activating group) is 1. The summed E-state index contributed by atoms with van der Waals surface area (Å²) in [5.74, 6) is 0.361. The van der Waals surface area contributed by atoms with Crippen LogP contribution in [-0.2, 0) is 4.74 Å². The van der Waals surface area contributed by atoms with Crippen molar-refractivity contribution in [3.63, 3.8) is 0 Å². The second-order valence-corrected chi connectivity index (χ2v) is 7.35. The topological polar surface area (TPSA) is 45.7 Å². The van der Waals surface area contributed by atoms with Crippen molar-refractivity contribution < 1.29 is 9.53 Å². The van der Waals surface area contributed by atoms with Crippen molar-refractivity contribution in [2.75, 3.05) is 33.2 Å². The highest BCUT2D eigenvalue weighted by molar-refractivity contribution is 7.10. The minimum Gasteiger partial charge on any atom is -0.373 e. The summed E-state index contributed by atoms with van der Waals surface area (Å²) in [6.45, 7) is 11.8. The average molecular weight is 325 g/mol. The van der Waals surface area contributed by atoms with Gasteiger partial charge in [0.1, 0.15) is 5.69 Å². The Morgan fingerprint density at radius 3 is 2.68 bits per heavy atom. The molecule has 0 N–H and O–H groups in total. The van der Waals surface area contributed by atoms with E-state index in [4.69, 9.17) is 4.74 Å². The van der Waals surface area contributed by atoms with Crippen LogP contribution in [0.4, 0.5) is 0 Å². The van der Waals surface area contributed by atoms with E-state index in [0.717, 1.165) is 24.5 Å². The maximum atomic E-state index is 12.6. The maximum Gasteiger partial charge on any atom is 0.273 e. The zero-order valence-electron chi connectivity index (χ0n) is 14.2. The molecule has 1 fully saturated rings. The summed E-state index contributed by atoms with van der Waals surface area (Å²) >= 11 is 1.56. The molecule has 0 radical (unpaired) electrons. The molecule has 1 aromatic rings. The van der Waals surface area contributed by atoms with E-state index < -0.39 is 0 Å². The van der Waals surface area contributed by atoms with E-state index in [1.807, 2.05) is 7.05 Å². The van der Waals surface area contributed by atoms with E-state index in [-0.39, 0.29) is 18.1 Å². The number of morpholine rings is 1. The molecule has 5 nitrogen and oxygen atoms in total. The van der Waals surface area contributed by atoms with Crippen molar-refractivity contribution in [1.82, 2.24) is 14.8 Å². The molecule has 1 saturated heterocycles. The Balaban J connectivity index is 1.90. The number of carbonyl (C=O) groups is 1. The van der Waals surface area contributed by atoms with Crippen LogP contribution in [0.1, 0.15) is 49.0 Å². The molecule has 1 amide bonds. The maximum absolute atomic E-state index is 12.6. The van der Waals surface area contributed by atoms with E-state index in [1.165, 1.54) is 0 Å². The Morgan fingerprint density at radius 1 is 1.45 bits per heavy atom. The lowest BCUT2D eigenvalue weighted by Crippen LogP contribution is -2.48. The normalized spacial score (nSPS) is 23.0. The Hall–Kier alpha value is -0.980. The third-order valence-electron chi connectivity index (χ3n) is 3.92. The molecule has 1 aromatic heterocycles. The summed E-state index contributed by atoms with van der Waals surface area (Å²) in [7, 11) is 1.86. The van der Waals surface area contributed by atoms with E-state index in [9.17, 15) is 4.79 Å². The molecule has 1 aliphatic heterocycles. The lowest BCUT2D eigenvalue weighted by molar-refractivity contribution is -0.0685. The molecule has 2 atom stereocenters. The molecule has 2 rings (SSSR count). The molecule has 2 heterocycles. The molecule has 0 aromatic carbocycles. The number of aromatic nitrogens is 1. The van der Waals surface area contributed by atoms with Crippen molar-refractivity contribution >= 4 is 17.2 Å². The Morgan fingerprint density at radius 2 is 2.09 bits per heavy atom. The summed E-state index contributed by atoms with van der Waals surface area (Å²) in [4.78, 5) is 22.1. The van der Waals surface area contributed by atoms with Gasteiger partial charge in [0.05, 0.1) is 17.7 Å². The predicted octanol–water partition coefficient (Wildman–Crippen LogP) is 2.45. The predicted molar refractivity (Wildman–Crippen MR) is 89.6 cm³/mol. The van der Waals surface area contributed by atoms with Crippen molar-refractivity contribution in [3.8, 4) is 0 Å². The lowest BCUT2D eigenvalue weighted by atomic mass is 10.1. The van der Waals surface area contributed by atoms with Gasteiger partial charge in [0.25, 0.3) is 5.91 Å². The smallest absolute Gasteiger partial charge is 0.273 e. The molecule has 0 saturated carbocycles. The Bertz CT molecular complexity index is 493. The lowest BCUT2D eigenvalue weighted by Gasteiger charge is -2.36. The first-order valence-corrected chi connectivity index (χ1v) is 8.83. The quantitative estimate of drug-likeness (QED) is 0.834. The van der Waals surface area contributed by atoms with Crippen LogP contribution in [0.5, 0.6) is 0 Å². The van der Waals surface area contributed by atoms with Gasteiger partial charge in [-0.1, -0.05) is 13.8 Å². The van der Waals surface area contributed by atoms with E-state index >= 15 is 0 Å². The van der Waals surface area contributed by atoms with Gasteiger partial charge >= 0.3 is 0 Å². The first kappa shape index (κ1) is 17.4. The van der Waals surface area contributed by atoms with Crippen LogP contribution in [0.2, 0.25) is 0 Å². The molecular weight excluding hydrogens is 298 g/mol. The fraction of sp³-hybridized carbons (Fsp3) is 0.750. The summed E-state index contributed by atoms with van der Waals surface area (Å²) in [6, 6.07) is 0. The SMILES string of the molecule is CC(C)c1scnc1C(=O)N(C)CCN1C[C@@H](C)O[C@@H](C)C1. The van der Waals surface area contributed by atoms with Crippen LogP contribution < -0.4 is 0 Å². The number of thiazole rings is 1. The highest BCUT2D eigenvalue weighted by Gasteiger charge is 2.24. The minimum absolute atomic E-state index is 0.0271. The van der Waals surface area contributed by atoms with Gasteiger partial charge in [0.2, 0.25) is 0 Å². The molecule has 22 heavy (non-hydrogen) atoms. The van der Waals surface area contributed by atoms with Gasteiger partial charge in [-0.15, -0.1) is 11.3 Å². The molecule has 0 aliphatic carbocycles. The molecule has 0 bridgehead atoms. The standard InChI is InChI=1S/C16H27N3O2S/c1-11(2)15-14(17-10-22-15)16(20)18(5)6-7-19-8-12(3)21-13(4)9-19/h10-13H,6-9H2,1-5H3/t12-,13+. The Kier molecular flexibility index (Phi) is 5.94. The zero-order chi connectivity index (χ0) is 16.3. The monoisotopic (exact) mass is 325 g/mol. The van der Waals surface area contributed by atoms with Crippen molar-refractivity contribution in [2.45, 2.75) is 45.8 Å². The number of hydrogen-bond donors (Lipinski definition) is 0. The van der Waals surface area contributed by atoms with Crippen LogP contribution in [0.15, 0.2) is 5.51 Å². The van der Waals surface area contributed by atoms with Crippen LogP contribution in [0.3, 0.4) is 0 Å². The van der Waals surface area contributed by atoms with Gasteiger partial charge in [-0.05, 0) is 19.8 Å². The van der Waals surface area contributed by atoms with Crippen molar-refractivity contribution in [1.29, 1.82) is 0 Å². The second-order valence-electron chi connectivity index (χ2n) is 6.46. The first-order chi connectivity index (χ1) is 10.4. The van der Waals surface area contributed by atoms with Gasteiger partial charge in [0.15, 0.2) is 0 Å². The second kappa shape index (κ2) is 7.53. The number of carbonyl (C=O) groups excluding carboxylic acids is 1. The van der Waals surface area contributed by atoms with Gasteiger partial charge in [0, 0.05) is 38.1 Å². The number of ether oxygens (including phenoxy) is 1. The third kappa shape index (κ3) is 4.27. The fourth-order valence-corrected chi connectivity index (χ4v) is 3.66. The molecule has 1 aliphatic rings. The van der Waals surface area contributed by atoms with E-state index in [0.29, 0.717) is 18.2 Å². The third-order valence-corrected chi connectivity index (χ3v) is 5.04. The average Bonchev–Trinajstić information content (AvgIpc) is 2.92. The number of amides is 1. The number of nitrogens with zero attached hydrogens (tertiary/aromatic N) is 3. The van der Waals surface area contributed by atoms with Crippen LogP contribution in [0, 0.1) is 0 Å². The largest absolute Gasteiger partial charge is 0.373 e. The highest BCUT2D eigenvalue weighted by atomic mass is 32.1. The molecule has 0 spiro atoms. The van der Waals surface area contributed by atoms with Gasteiger partial charge in [-0.25, -0.2) is 4.98 Å². The molecule has 124 valence electrons. The van der Waals surface area contributed by atoms with E-state index in [2.05, 4.69) is 37.6 Å². The number of rotatable bonds is 5. The summed E-state index contributed by atoms with van der Waals surface area (Å²) in [6.07, 6.45) is 0.520. The van der Waals surface area contributed by atoms with Crippen LogP contribution in [0.25, 0.3) is 0 Å². The van der Waals surface area contributed by atoms with Gasteiger partial charge < -0.3 is 9.64 Å². The molecular formula is C16H27N3O2S. The van der Waals surface area contributed by atoms with Gasteiger partial charge in [-0.2, -0.15) is 0 Å². The number of hydrogen-bond acceptors (Lipinski definition) is 5. The first-order valence-electron chi connectivity index (χ1n) is 7.95. The summed E-state index contributed by atoms with van der Waals surface area (Å²) < 4.78 is 5.74. The van der Waals surface area contributed by atoms with Crippen LogP contribution >= 0.6 is 11.3 Å². The zero-order valence-corrected chi connectivity index (χ0v) is 15.0. The highest BCUT2D eigenvalue weighted by Crippen LogP contribution is 2.24. The van der Waals surface area contributed by atoms with Crippen molar-refractivity contribution in [3.05, 3.63) is 16.1 Å². The molecule has 6 heteroatoms.